The van der Waals surface area contributed by atoms with Crippen LogP contribution in [-0.2, 0) is 15.1 Å². The van der Waals surface area contributed by atoms with E-state index in [0.29, 0.717) is 44.0 Å². The fourth-order valence-corrected chi connectivity index (χ4v) is 6.94. The van der Waals surface area contributed by atoms with Gasteiger partial charge < -0.3 is 25.6 Å². The number of ether oxygens (including phenoxy) is 1. The smallest absolute Gasteiger partial charge is 0.225 e. The predicted molar refractivity (Wildman–Crippen MR) is 158 cm³/mol. The zero-order valence-corrected chi connectivity index (χ0v) is 23.9. The number of hydrogen-bond acceptors (Lipinski definition) is 6. The maximum absolute atomic E-state index is 13.5. The molecule has 3 aromatic rings. The third-order valence-electron chi connectivity index (χ3n) is 8.85. The minimum absolute atomic E-state index is 0.0310. The van der Waals surface area contributed by atoms with Gasteiger partial charge in [0.25, 0.3) is 0 Å². The topological polar surface area (TPSA) is 109 Å². The quantitative estimate of drug-likeness (QED) is 0.319. The van der Waals surface area contributed by atoms with Gasteiger partial charge in [0.05, 0.1) is 17.2 Å². The van der Waals surface area contributed by atoms with Crippen molar-refractivity contribution in [1.82, 2.24) is 9.88 Å². The van der Waals surface area contributed by atoms with Crippen LogP contribution < -0.4 is 5.73 Å². The van der Waals surface area contributed by atoms with Crippen LogP contribution in [0.5, 0.6) is 0 Å². The van der Waals surface area contributed by atoms with E-state index in [1.54, 1.807) is 7.11 Å². The number of amides is 1. The fraction of sp³-hybridized carbons (Fsp3) is 0.500. The number of methoxy groups -OCH3 is 1. The first kappa shape index (κ1) is 29.0. The number of nitrogens with two attached hydrogens (primary N) is 1. The fourth-order valence-electron chi connectivity index (χ4n) is 6.66. The summed E-state index contributed by atoms with van der Waals surface area (Å²) in [5.74, 6) is -0.425. The number of carbonyl (C=O) groups excluding carboxylic acids is 1. The molecule has 40 heavy (non-hydrogen) atoms. The van der Waals surface area contributed by atoms with Crippen LogP contribution in [0.2, 0.25) is 5.02 Å². The van der Waals surface area contributed by atoms with E-state index in [1.165, 1.54) is 0 Å². The Morgan fingerprint density at radius 2 is 2.02 bits per heavy atom. The molecule has 7 nitrogen and oxygen atoms in total. The lowest BCUT2D eigenvalue weighted by Gasteiger charge is -2.44. The van der Waals surface area contributed by atoms with Gasteiger partial charge in [0, 0.05) is 72.4 Å². The molecule has 0 bridgehead atoms. The SMILES string of the molecule is COCCCC[C@@](O)(c1cccc(Cl)c1-c1cnc2ccccc2c1)C1CCCN(C(=O)[C@H]2C[C@@H](N)[C@@H](O)C2)C1. The molecule has 8 heteroatoms. The normalized spacial score (nSPS) is 24.8. The van der Waals surface area contributed by atoms with Gasteiger partial charge in [0.2, 0.25) is 5.91 Å². The van der Waals surface area contributed by atoms with Gasteiger partial charge in [-0.05, 0) is 68.7 Å². The summed E-state index contributed by atoms with van der Waals surface area (Å²) in [6, 6.07) is 15.4. The Balaban J connectivity index is 1.51. The zero-order valence-electron chi connectivity index (χ0n) is 23.1. The highest BCUT2D eigenvalue weighted by Crippen LogP contribution is 2.46. The molecule has 2 fully saturated rings. The summed E-state index contributed by atoms with van der Waals surface area (Å²) in [6.45, 7) is 1.71. The summed E-state index contributed by atoms with van der Waals surface area (Å²) in [7, 11) is 1.68. The number of halogens is 1. The molecule has 1 amide bonds. The summed E-state index contributed by atoms with van der Waals surface area (Å²) in [5.41, 5.74) is 8.11. The zero-order chi connectivity index (χ0) is 28.3. The molecule has 2 aliphatic rings. The Labute approximate surface area is 241 Å². The molecule has 5 atom stereocenters. The van der Waals surface area contributed by atoms with Crippen molar-refractivity contribution in [2.75, 3.05) is 26.8 Å². The Morgan fingerprint density at radius 1 is 1.20 bits per heavy atom. The highest BCUT2D eigenvalue weighted by atomic mass is 35.5. The lowest BCUT2D eigenvalue weighted by Crippen LogP contribution is -2.49. The van der Waals surface area contributed by atoms with Crippen molar-refractivity contribution in [3.63, 3.8) is 0 Å². The minimum atomic E-state index is -1.22. The highest BCUT2D eigenvalue weighted by Gasteiger charge is 2.44. The standard InChI is InChI=1S/C32H40ClN3O4/c1-40-15-5-4-13-32(39,24-9-7-14-36(20-24)31(38)22-17-27(34)29(37)18-22)25-10-6-11-26(33)30(25)23-16-21-8-2-3-12-28(21)35-19-23/h2-3,6,8,10-12,16,19,22,24,27,29,37,39H,4-5,7,9,13-15,17-18,20,34H2,1H3/t22-,24?,27+,29-,32-/m0/s1. The summed E-state index contributed by atoms with van der Waals surface area (Å²) < 4.78 is 5.29. The molecular weight excluding hydrogens is 526 g/mol. The Kier molecular flexibility index (Phi) is 9.08. The van der Waals surface area contributed by atoms with Crippen LogP contribution in [0.15, 0.2) is 54.7 Å². The molecular formula is C32H40ClN3O4. The third kappa shape index (κ3) is 5.90. The molecule has 1 aromatic heterocycles. The number of para-hydroxylation sites is 1. The molecule has 0 spiro atoms. The summed E-state index contributed by atoms with van der Waals surface area (Å²) in [5, 5.41) is 24.4. The van der Waals surface area contributed by atoms with Crippen LogP contribution in [0.25, 0.3) is 22.0 Å². The van der Waals surface area contributed by atoms with Gasteiger partial charge in [-0.25, -0.2) is 0 Å². The number of fused-ring (bicyclic) bond motifs is 1. The Morgan fingerprint density at radius 3 is 2.80 bits per heavy atom. The van der Waals surface area contributed by atoms with Gasteiger partial charge in [0.15, 0.2) is 0 Å². The second-order valence-corrected chi connectivity index (χ2v) is 11.9. The van der Waals surface area contributed by atoms with Crippen LogP contribution in [-0.4, -0.2) is 65.0 Å². The molecule has 1 aliphatic carbocycles. The van der Waals surface area contributed by atoms with Gasteiger partial charge in [-0.1, -0.05) is 41.9 Å². The van der Waals surface area contributed by atoms with Gasteiger partial charge in [-0.3, -0.25) is 9.78 Å². The van der Waals surface area contributed by atoms with Crippen LogP contribution in [0, 0.1) is 11.8 Å². The van der Waals surface area contributed by atoms with Crippen molar-refractivity contribution in [2.45, 2.75) is 62.7 Å². The van der Waals surface area contributed by atoms with Gasteiger partial charge >= 0.3 is 0 Å². The molecule has 4 N–H and O–H groups in total. The number of carbonyl (C=O) groups is 1. The second kappa shape index (κ2) is 12.5. The first-order valence-electron chi connectivity index (χ1n) is 14.4. The molecule has 1 saturated heterocycles. The van der Waals surface area contributed by atoms with E-state index in [0.717, 1.165) is 53.3 Å². The minimum Gasteiger partial charge on any atom is -0.391 e. The lowest BCUT2D eigenvalue weighted by atomic mass is 9.72. The number of unbranched alkanes of at least 4 members (excludes halogenated alkanes) is 1. The first-order chi connectivity index (χ1) is 19.3. The maximum Gasteiger partial charge on any atom is 0.225 e. The van der Waals surface area contributed by atoms with Crippen molar-refractivity contribution >= 4 is 28.4 Å². The molecule has 214 valence electrons. The van der Waals surface area contributed by atoms with Gasteiger partial charge in [0.1, 0.15) is 0 Å². The van der Waals surface area contributed by atoms with Crippen molar-refractivity contribution in [3.8, 4) is 11.1 Å². The molecule has 1 unspecified atom stereocenters. The number of rotatable bonds is 9. The largest absolute Gasteiger partial charge is 0.391 e. The van der Waals surface area contributed by atoms with E-state index in [4.69, 9.17) is 22.1 Å². The third-order valence-corrected chi connectivity index (χ3v) is 9.17. The summed E-state index contributed by atoms with van der Waals surface area (Å²) >= 11 is 6.88. The molecule has 5 rings (SSSR count). The summed E-state index contributed by atoms with van der Waals surface area (Å²) in [4.78, 5) is 20.1. The number of likely N-dealkylation sites (tertiary alicyclic amines) is 1. The number of aromatic nitrogens is 1. The van der Waals surface area contributed by atoms with Crippen molar-refractivity contribution < 1.29 is 19.7 Å². The van der Waals surface area contributed by atoms with Gasteiger partial charge in [-0.2, -0.15) is 0 Å². The highest BCUT2D eigenvalue weighted by molar-refractivity contribution is 6.33. The number of hydrogen-bond donors (Lipinski definition) is 3. The average Bonchev–Trinajstić information content (AvgIpc) is 3.32. The van der Waals surface area contributed by atoms with Crippen LogP contribution in [0.1, 0.15) is 50.5 Å². The average molecular weight is 566 g/mol. The number of aliphatic hydroxyl groups is 2. The summed E-state index contributed by atoms with van der Waals surface area (Å²) in [6.07, 6.45) is 5.77. The second-order valence-electron chi connectivity index (χ2n) is 11.5. The molecule has 1 saturated carbocycles. The van der Waals surface area contributed by atoms with Crippen LogP contribution >= 0.6 is 11.6 Å². The lowest BCUT2D eigenvalue weighted by molar-refractivity contribution is -0.141. The van der Waals surface area contributed by atoms with Crippen molar-refractivity contribution in [2.24, 2.45) is 17.6 Å². The first-order valence-corrected chi connectivity index (χ1v) is 14.8. The number of pyridine rings is 1. The Hall–Kier alpha value is -2.55. The maximum atomic E-state index is 13.5. The number of nitrogens with zero attached hydrogens (tertiary/aromatic N) is 2. The van der Waals surface area contributed by atoms with Crippen LogP contribution in [0.3, 0.4) is 0 Å². The van der Waals surface area contributed by atoms with E-state index < -0.39 is 11.7 Å². The predicted octanol–water partition coefficient (Wildman–Crippen LogP) is 4.90. The van der Waals surface area contributed by atoms with Crippen molar-refractivity contribution in [1.29, 1.82) is 0 Å². The van der Waals surface area contributed by atoms with E-state index in [9.17, 15) is 15.0 Å². The van der Waals surface area contributed by atoms with Gasteiger partial charge in [-0.15, -0.1) is 0 Å². The monoisotopic (exact) mass is 565 g/mol. The number of aliphatic hydroxyl groups excluding tert-OH is 1. The van der Waals surface area contributed by atoms with Crippen molar-refractivity contribution in [3.05, 3.63) is 65.3 Å². The van der Waals surface area contributed by atoms with E-state index in [-0.39, 0.29) is 23.8 Å². The number of benzene rings is 2. The molecule has 2 aromatic carbocycles. The number of piperidine rings is 1. The molecule has 2 heterocycles. The van der Waals surface area contributed by atoms with Crippen LogP contribution in [0.4, 0.5) is 0 Å². The van der Waals surface area contributed by atoms with E-state index in [1.807, 2.05) is 53.6 Å². The Bertz CT molecular complexity index is 1330. The van der Waals surface area contributed by atoms with E-state index in [2.05, 4.69) is 11.1 Å². The molecule has 0 radical (unpaired) electrons. The molecule has 1 aliphatic heterocycles. The van der Waals surface area contributed by atoms with E-state index >= 15 is 0 Å².